The molecule has 3 N–H and O–H groups in total. The fraction of sp³-hybridized carbons (Fsp3) is 0.909. The van der Waals surface area contributed by atoms with E-state index in [2.05, 4.69) is 23.9 Å². The minimum Gasteiger partial charge on any atom is -0.409 e. The zero-order valence-electron chi connectivity index (χ0n) is 11.1. The van der Waals surface area contributed by atoms with Crippen LogP contribution < -0.4 is 5.73 Å². The number of amidine groups is 1. The van der Waals surface area contributed by atoms with Gasteiger partial charge in [-0.1, -0.05) is 5.16 Å². The number of rotatable bonds is 10. The first-order chi connectivity index (χ1) is 8.11. The quantitative estimate of drug-likeness (QED) is 0.193. The average molecular weight is 247 g/mol. The normalized spacial score (nSPS) is 12.6. The van der Waals surface area contributed by atoms with Gasteiger partial charge in [0.25, 0.3) is 0 Å². The first kappa shape index (κ1) is 16.1. The van der Waals surface area contributed by atoms with Crippen LogP contribution in [0.2, 0.25) is 0 Å². The van der Waals surface area contributed by atoms with E-state index in [0.29, 0.717) is 32.4 Å². The molecule has 0 saturated carbocycles. The Balaban J connectivity index is 3.71. The number of ether oxygens (including phenoxy) is 2. The molecule has 0 radical (unpaired) electrons. The van der Waals surface area contributed by atoms with Crippen LogP contribution in [0.25, 0.3) is 0 Å². The lowest BCUT2D eigenvalue weighted by Crippen LogP contribution is -2.39. The Morgan fingerprint density at radius 2 is 2.06 bits per heavy atom. The van der Waals surface area contributed by atoms with Crippen LogP contribution in [-0.4, -0.2) is 62.0 Å². The lowest BCUT2D eigenvalue weighted by atomic mass is 10.3. The second kappa shape index (κ2) is 10.3. The Hall–Kier alpha value is -0.850. The standard InChI is InChI=1S/C11H25N3O3/c1-10(2)14(9-11(12)13-15)5-4-6-17-8-7-16-3/h10,15H,4-9H2,1-3H3,(H2,12,13). The SMILES string of the molecule is COCCOCCCN(CC(N)=NO)C(C)C. The molecule has 0 aromatic carbocycles. The Morgan fingerprint density at radius 1 is 1.35 bits per heavy atom. The summed E-state index contributed by atoms with van der Waals surface area (Å²) in [6.45, 7) is 7.44. The number of hydrogen-bond donors (Lipinski definition) is 2. The van der Waals surface area contributed by atoms with Crippen molar-refractivity contribution in [1.29, 1.82) is 0 Å². The largest absolute Gasteiger partial charge is 0.409 e. The van der Waals surface area contributed by atoms with Crippen LogP contribution in [0.5, 0.6) is 0 Å². The number of nitrogens with zero attached hydrogens (tertiary/aromatic N) is 2. The second-order valence-electron chi connectivity index (χ2n) is 4.11. The molecule has 0 aromatic rings. The summed E-state index contributed by atoms with van der Waals surface area (Å²) < 4.78 is 10.3. The molecular formula is C11H25N3O3. The van der Waals surface area contributed by atoms with Crippen molar-refractivity contribution >= 4 is 5.84 Å². The molecule has 0 aromatic heterocycles. The highest BCUT2D eigenvalue weighted by atomic mass is 16.5. The van der Waals surface area contributed by atoms with Crippen molar-refractivity contribution in [2.75, 3.05) is 40.0 Å². The van der Waals surface area contributed by atoms with Crippen molar-refractivity contribution in [3.8, 4) is 0 Å². The molecule has 0 amide bonds. The number of hydrogen-bond acceptors (Lipinski definition) is 5. The molecule has 0 atom stereocenters. The summed E-state index contributed by atoms with van der Waals surface area (Å²) >= 11 is 0. The predicted molar refractivity (Wildman–Crippen MR) is 67.4 cm³/mol. The zero-order chi connectivity index (χ0) is 13.1. The van der Waals surface area contributed by atoms with Crippen LogP contribution in [0.3, 0.4) is 0 Å². The zero-order valence-corrected chi connectivity index (χ0v) is 11.1. The van der Waals surface area contributed by atoms with Crippen LogP contribution in [0.1, 0.15) is 20.3 Å². The van der Waals surface area contributed by atoms with Gasteiger partial charge in [0.05, 0.1) is 19.8 Å². The maximum Gasteiger partial charge on any atom is 0.153 e. The minimum absolute atomic E-state index is 0.235. The Morgan fingerprint density at radius 3 is 2.59 bits per heavy atom. The number of nitrogens with two attached hydrogens (primary N) is 1. The Kier molecular flexibility index (Phi) is 9.80. The first-order valence-corrected chi connectivity index (χ1v) is 5.89. The molecule has 0 aliphatic carbocycles. The molecule has 0 heterocycles. The third-order valence-corrected chi connectivity index (χ3v) is 2.39. The summed E-state index contributed by atoms with van der Waals surface area (Å²) in [6, 6.07) is 0.356. The number of methoxy groups -OCH3 is 1. The second-order valence-corrected chi connectivity index (χ2v) is 4.11. The van der Waals surface area contributed by atoms with Gasteiger partial charge >= 0.3 is 0 Å². The van der Waals surface area contributed by atoms with Crippen molar-refractivity contribution in [2.45, 2.75) is 26.3 Å². The van der Waals surface area contributed by atoms with Gasteiger partial charge in [-0.3, -0.25) is 4.90 Å². The van der Waals surface area contributed by atoms with Gasteiger partial charge in [0.15, 0.2) is 5.84 Å². The third kappa shape index (κ3) is 8.91. The van der Waals surface area contributed by atoms with Crippen molar-refractivity contribution in [2.24, 2.45) is 10.9 Å². The van der Waals surface area contributed by atoms with Crippen molar-refractivity contribution in [3.63, 3.8) is 0 Å². The fourth-order valence-electron chi connectivity index (χ4n) is 1.37. The van der Waals surface area contributed by atoms with Gasteiger partial charge in [-0.25, -0.2) is 0 Å². The molecular weight excluding hydrogens is 222 g/mol. The van der Waals surface area contributed by atoms with E-state index in [1.807, 2.05) is 0 Å². The van der Waals surface area contributed by atoms with Crippen LogP contribution in [0.4, 0.5) is 0 Å². The summed E-state index contributed by atoms with van der Waals surface area (Å²) in [5.41, 5.74) is 5.49. The third-order valence-electron chi connectivity index (χ3n) is 2.39. The highest BCUT2D eigenvalue weighted by molar-refractivity contribution is 5.81. The molecule has 0 fully saturated rings. The molecule has 0 aliphatic rings. The highest BCUT2D eigenvalue weighted by Crippen LogP contribution is 1.99. The van der Waals surface area contributed by atoms with Crippen molar-refractivity contribution < 1.29 is 14.7 Å². The molecule has 0 aliphatic heterocycles. The van der Waals surface area contributed by atoms with Gasteiger partial charge in [0, 0.05) is 26.3 Å². The van der Waals surface area contributed by atoms with Crippen molar-refractivity contribution in [1.82, 2.24) is 4.90 Å². The topological polar surface area (TPSA) is 80.3 Å². The van der Waals surface area contributed by atoms with E-state index >= 15 is 0 Å². The van der Waals surface area contributed by atoms with E-state index in [4.69, 9.17) is 20.4 Å². The molecule has 17 heavy (non-hydrogen) atoms. The fourth-order valence-corrected chi connectivity index (χ4v) is 1.37. The molecule has 6 nitrogen and oxygen atoms in total. The summed E-state index contributed by atoms with van der Waals surface area (Å²) in [5, 5.41) is 11.5. The smallest absolute Gasteiger partial charge is 0.153 e. The molecule has 0 unspecified atom stereocenters. The molecule has 0 spiro atoms. The monoisotopic (exact) mass is 247 g/mol. The first-order valence-electron chi connectivity index (χ1n) is 5.89. The minimum atomic E-state index is 0.235. The van der Waals surface area contributed by atoms with E-state index < -0.39 is 0 Å². The summed E-state index contributed by atoms with van der Waals surface area (Å²) in [5.74, 6) is 0.235. The highest BCUT2D eigenvalue weighted by Gasteiger charge is 2.10. The Labute approximate surface area is 103 Å². The summed E-state index contributed by atoms with van der Waals surface area (Å²) in [6.07, 6.45) is 0.917. The number of oxime groups is 1. The van der Waals surface area contributed by atoms with Gasteiger partial charge in [0.1, 0.15) is 0 Å². The van der Waals surface area contributed by atoms with Gasteiger partial charge in [-0.05, 0) is 20.3 Å². The van der Waals surface area contributed by atoms with Crippen LogP contribution in [0.15, 0.2) is 5.16 Å². The van der Waals surface area contributed by atoms with Crippen LogP contribution in [-0.2, 0) is 9.47 Å². The molecule has 0 bridgehead atoms. The summed E-state index contributed by atoms with van der Waals surface area (Å²) in [7, 11) is 1.65. The lowest BCUT2D eigenvalue weighted by Gasteiger charge is -2.25. The van der Waals surface area contributed by atoms with Gasteiger partial charge < -0.3 is 20.4 Å². The van der Waals surface area contributed by atoms with E-state index in [1.54, 1.807) is 7.11 Å². The van der Waals surface area contributed by atoms with Gasteiger partial charge in [0.2, 0.25) is 0 Å². The maximum atomic E-state index is 8.53. The molecule has 6 heteroatoms. The van der Waals surface area contributed by atoms with Crippen LogP contribution in [0, 0.1) is 0 Å². The molecule has 0 saturated heterocycles. The predicted octanol–water partition coefficient (Wildman–Crippen LogP) is 0.496. The summed E-state index contributed by atoms with van der Waals surface area (Å²) in [4.78, 5) is 2.13. The van der Waals surface area contributed by atoms with Crippen molar-refractivity contribution in [3.05, 3.63) is 0 Å². The van der Waals surface area contributed by atoms with E-state index in [-0.39, 0.29) is 5.84 Å². The van der Waals surface area contributed by atoms with E-state index in [9.17, 15) is 0 Å². The van der Waals surface area contributed by atoms with E-state index in [0.717, 1.165) is 13.0 Å². The van der Waals surface area contributed by atoms with E-state index in [1.165, 1.54) is 0 Å². The lowest BCUT2D eigenvalue weighted by molar-refractivity contribution is 0.0645. The van der Waals surface area contributed by atoms with Gasteiger partial charge in [-0.2, -0.15) is 0 Å². The van der Waals surface area contributed by atoms with Gasteiger partial charge in [-0.15, -0.1) is 0 Å². The van der Waals surface area contributed by atoms with Crippen LogP contribution >= 0.6 is 0 Å². The molecule has 0 rings (SSSR count). The average Bonchev–Trinajstić information content (AvgIpc) is 2.31. The Bertz CT molecular complexity index is 210. The maximum absolute atomic E-state index is 8.53. The molecule has 102 valence electrons.